The molecule has 1 unspecified atom stereocenters. The molecule has 0 aliphatic heterocycles. The van der Waals surface area contributed by atoms with Gasteiger partial charge < -0.3 is 5.11 Å². The summed E-state index contributed by atoms with van der Waals surface area (Å²) in [5.74, 6) is 1.73. The van der Waals surface area contributed by atoms with Gasteiger partial charge in [-0.3, -0.25) is 10.2 Å². The van der Waals surface area contributed by atoms with Crippen molar-refractivity contribution in [1.82, 2.24) is 10.9 Å². The Morgan fingerprint density at radius 3 is 2.61 bits per heavy atom. The molecule has 0 saturated carbocycles. The summed E-state index contributed by atoms with van der Waals surface area (Å²) in [5.41, 5.74) is 6.73. The summed E-state index contributed by atoms with van der Waals surface area (Å²) in [6.45, 7) is 4.74. The van der Waals surface area contributed by atoms with Gasteiger partial charge in [0.2, 0.25) is 5.91 Å². The molecule has 1 rings (SSSR count). The number of thioether (sulfide) groups is 1. The fraction of sp³-hybridized carbons (Fsp3) is 0.611. The third-order valence-electron chi connectivity index (χ3n) is 3.84. The number of benzene rings is 1. The fourth-order valence-corrected chi connectivity index (χ4v) is 3.59. The van der Waals surface area contributed by atoms with Crippen LogP contribution in [0.3, 0.4) is 0 Å². The zero-order valence-corrected chi connectivity index (χ0v) is 15.3. The van der Waals surface area contributed by atoms with Crippen LogP contribution in [0.15, 0.2) is 30.3 Å². The normalized spacial score (nSPS) is 12.9. The van der Waals surface area contributed by atoms with Crippen LogP contribution in [0, 0.1) is 5.41 Å². The van der Waals surface area contributed by atoms with E-state index < -0.39 is 0 Å². The second-order valence-corrected chi connectivity index (χ2v) is 7.64. The minimum Gasteiger partial charge on any atom is -0.396 e. The molecular formula is C18H30N2O2S. The molecule has 3 N–H and O–H groups in total. The Labute approximate surface area is 144 Å². The summed E-state index contributed by atoms with van der Waals surface area (Å²) in [7, 11) is 1.71. The Morgan fingerprint density at radius 2 is 2.00 bits per heavy atom. The van der Waals surface area contributed by atoms with Gasteiger partial charge in [0, 0.05) is 12.8 Å². The summed E-state index contributed by atoms with van der Waals surface area (Å²) < 4.78 is 0. The van der Waals surface area contributed by atoms with Crippen molar-refractivity contribution in [1.29, 1.82) is 0 Å². The Balaban J connectivity index is 2.56. The number of hydrogen-bond acceptors (Lipinski definition) is 4. The van der Waals surface area contributed by atoms with Gasteiger partial charge in [-0.1, -0.05) is 50.6 Å². The lowest BCUT2D eigenvalue weighted by atomic mass is 9.85. The number of aliphatic hydroxyl groups excluding tert-OH is 1. The minimum atomic E-state index is -0.121. The third kappa shape index (κ3) is 7.86. The molecule has 0 saturated heterocycles. The second kappa shape index (κ2) is 10.7. The van der Waals surface area contributed by atoms with Crippen molar-refractivity contribution in [2.24, 2.45) is 5.41 Å². The van der Waals surface area contributed by atoms with Crippen LogP contribution in [0.4, 0.5) is 0 Å². The largest absolute Gasteiger partial charge is 0.396 e. The lowest BCUT2D eigenvalue weighted by molar-refractivity contribution is -0.123. The lowest BCUT2D eigenvalue weighted by Crippen LogP contribution is -2.38. The van der Waals surface area contributed by atoms with Crippen molar-refractivity contribution in [2.75, 3.05) is 25.2 Å². The second-order valence-electron chi connectivity index (χ2n) is 6.54. The van der Waals surface area contributed by atoms with Crippen LogP contribution in [0.5, 0.6) is 0 Å². The molecule has 0 spiro atoms. The van der Waals surface area contributed by atoms with Gasteiger partial charge in [0.15, 0.2) is 0 Å². The smallest absolute Gasteiger partial charge is 0.241 e. The number of hydrazine groups is 1. The van der Waals surface area contributed by atoms with Crippen LogP contribution < -0.4 is 10.9 Å². The van der Waals surface area contributed by atoms with E-state index in [0.717, 1.165) is 36.3 Å². The molecular weight excluding hydrogens is 308 g/mol. The van der Waals surface area contributed by atoms with Crippen molar-refractivity contribution in [3.05, 3.63) is 35.9 Å². The molecule has 1 amide bonds. The SMILES string of the molecule is CNNC(=O)C(CCCC(C)(C)CSCCO)c1ccccc1. The van der Waals surface area contributed by atoms with Gasteiger partial charge in [-0.05, 0) is 29.6 Å². The number of aliphatic hydroxyl groups is 1. The van der Waals surface area contributed by atoms with Gasteiger partial charge in [0.05, 0.1) is 12.5 Å². The predicted molar refractivity (Wildman–Crippen MR) is 98.4 cm³/mol. The third-order valence-corrected chi connectivity index (χ3v) is 5.30. The van der Waals surface area contributed by atoms with Gasteiger partial charge in [-0.2, -0.15) is 11.8 Å². The van der Waals surface area contributed by atoms with Crippen LogP contribution in [0.2, 0.25) is 0 Å². The van der Waals surface area contributed by atoms with E-state index in [0.29, 0.717) is 0 Å². The van der Waals surface area contributed by atoms with Crippen molar-refractivity contribution in [3.63, 3.8) is 0 Å². The van der Waals surface area contributed by atoms with Gasteiger partial charge >= 0.3 is 0 Å². The van der Waals surface area contributed by atoms with Gasteiger partial charge in [0.25, 0.3) is 0 Å². The first kappa shape index (κ1) is 20.0. The molecule has 0 aromatic heterocycles. The molecule has 0 heterocycles. The molecule has 0 aliphatic rings. The zero-order chi connectivity index (χ0) is 17.1. The number of carbonyl (C=O) groups is 1. The van der Waals surface area contributed by atoms with E-state index in [2.05, 4.69) is 24.7 Å². The summed E-state index contributed by atoms with van der Waals surface area (Å²) in [4.78, 5) is 12.3. The van der Waals surface area contributed by atoms with Crippen LogP contribution in [0.25, 0.3) is 0 Å². The van der Waals surface area contributed by atoms with Gasteiger partial charge in [0.1, 0.15) is 0 Å². The summed E-state index contributed by atoms with van der Waals surface area (Å²) in [5, 5.41) is 8.88. The lowest BCUT2D eigenvalue weighted by Gasteiger charge is -2.25. The number of hydrogen-bond donors (Lipinski definition) is 3. The molecule has 1 atom stereocenters. The Morgan fingerprint density at radius 1 is 1.30 bits per heavy atom. The topological polar surface area (TPSA) is 61.4 Å². The first-order valence-corrected chi connectivity index (χ1v) is 9.36. The first-order valence-electron chi connectivity index (χ1n) is 8.20. The highest BCUT2D eigenvalue weighted by Gasteiger charge is 2.22. The maximum Gasteiger partial charge on any atom is 0.241 e. The number of amides is 1. The van der Waals surface area contributed by atoms with Crippen molar-refractivity contribution >= 4 is 17.7 Å². The molecule has 5 heteroatoms. The zero-order valence-electron chi connectivity index (χ0n) is 14.5. The van der Waals surface area contributed by atoms with E-state index in [1.54, 1.807) is 18.8 Å². The summed E-state index contributed by atoms with van der Waals surface area (Å²) >= 11 is 1.79. The van der Waals surface area contributed by atoms with Gasteiger partial charge in [-0.25, -0.2) is 5.43 Å². The van der Waals surface area contributed by atoms with E-state index >= 15 is 0 Å². The van der Waals surface area contributed by atoms with Gasteiger partial charge in [-0.15, -0.1) is 0 Å². The van der Waals surface area contributed by atoms with E-state index in [4.69, 9.17) is 5.11 Å². The van der Waals surface area contributed by atoms with Crippen LogP contribution in [-0.4, -0.2) is 36.2 Å². The van der Waals surface area contributed by atoms with Crippen LogP contribution >= 0.6 is 11.8 Å². The Kier molecular flexibility index (Phi) is 9.29. The minimum absolute atomic E-state index is 0.0196. The number of nitrogens with one attached hydrogen (secondary N) is 2. The summed E-state index contributed by atoms with van der Waals surface area (Å²) in [6.07, 6.45) is 2.91. The van der Waals surface area contributed by atoms with Crippen molar-refractivity contribution in [3.8, 4) is 0 Å². The van der Waals surface area contributed by atoms with Crippen molar-refractivity contribution < 1.29 is 9.90 Å². The molecule has 4 nitrogen and oxygen atoms in total. The molecule has 23 heavy (non-hydrogen) atoms. The predicted octanol–water partition coefficient (Wildman–Crippen LogP) is 2.94. The molecule has 130 valence electrons. The van der Waals surface area contributed by atoms with E-state index in [1.165, 1.54) is 0 Å². The fourth-order valence-electron chi connectivity index (χ4n) is 2.61. The van der Waals surface area contributed by atoms with Crippen LogP contribution in [0.1, 0.15) is 44.6 Å². The quantitative estimate of drug-likeness (QED) is 0.429. The molecule has 0 fully saturated rings. The van der Waals surface area contributed by atoms with E-state index in [-0.39, 0.29) is 23.8 Å². The maximum atomic E-state index is 12.3. The average Bonchev–Trinajstić information content (AvgIpc) is 2.52. The van der Waals surface area contributed by atoms with E-state index in [1.807, 2.05) is 30.3 Å². The number of rotatable bonds is 11. The Hall–Kier alpha value is -1.04. The standard InChI is InChI=1S/C18H30N2O2S/c1-18(2,14-23-13-12-21)11-7-10-16(17(22)20-19-3)15-8-5-4-6-9-15/h4-6,8-9,16,19,21H,7,10-14H2,1-3H3,(H,20,22). The molecule has 0 aliphatic carbocycles. The number of carbonyl (C=O) groups excluding carboxylic acids is 1. The Bertz CT molecular complexity index is 452. The molecule has 1 aromatic rings. The average molecular weight is 339 g/mol. The molecule has 1 aromatic carbocycles. The van der Waals surface area contributed by atoms with Crippen molar-refractivity contribution in [2.45, 2.75) is 39.0 Å². The molecule has 0 radical (unpaired) electrons. The van der Waals surface area contributed by atoms with E-state index in [9.17, 15) is 4.79 Å². The maximum absolute atomic E-state index is 12.3. The highest BCUT2D eigenvalue weighted by molar-refractivity contribution is 7.99. The highest BCUT2D eigenvalue weighted by Crippen LogP contribution is 2.30. The molecule has 0 bridgehead atoms. The summed E-state index contributed by atoms with van der Waals surface area (Å²) in [6, 6.07) is 9.96. The van der Waals surface area contributed by atoms with Crippen LogP contribution in [-0.2, 0) is 4.79 Å². The first-order chi connectivity index (χ1) is 11.0. The highest BCUT2D eigenvalue weighted by atomic mass is 32.2. The monoisotopic (exact) mass is 338 g/mol.